The molecular formula is C12H17F2NO. The van der Waals surface area contributed by atoms with E-state index >= 15 is 0 Å². The van der Waals surface area contributed by atoms with E-state index in [0.717, 1.165) is 18.9 Å². The van der Waals surface area contributed by atoms with Crippen LogP contribution >= 0.6 is 0 Å². The molecule has 16 heavy (non-hydrogen) atoms. The number of nitrogens with two attached hydrogens (primary N) is 1. The number of hydrogen-bond donors (Lipinski definition) is 1. The standard InChI is InChI=1S/C12H17F2NO/c1-2-3-7-16-8-11(15)9-5-4-6-10(13)12(9)14/h4-6,11H,2-3,7-8,15H2,1H3. The van der Waals surface area contributed by atoms with Crippen LogP contribution in [0.3, 0.4) is 0 Å². The third kappa shape index (κ3) is 3.54. The number of unbranched alkanes of at least 4 members (excludes halogenated alkanes) is 1. The summed E-state index contributed by atoms with van der Waals surface area (Å²) in [5.74, 6) is -1.75. The van der Waals surface area contributed by atoms with Gasteiger partial charge in [0.25, 0.3) is 0 Å². The lowest BCUT2D eigenvalue weighted by Gasteiger charge is -2.13. The van der Waals surface area contributed by atoms with Gasteiger partial charge in [0.2, 0.25) is 0 Å². The van der Waals surface area contributed by atoms with E-state index in [-0.39, 0.29) is 12.2 Å². The number of hydrogen-bond acceptors (Lipinski definition) is 2. The minimum absolute atomic E-state index is 0.163. The molecule has 2 nitrogen and oxygen atoms in total. The Morgan fingerprint density at radius 2 is 2.12 bits per heavy atom. The van der Waals surface area contributed by atoms with Crippen molar-refractivity contribution < 1.29 is 13.5 Å². The third-order valence-electron chi connectivity index (χ3n) is 2.32. The number of benzene rings is 1. The number of rotatable bonds is 6. The molecule has 0 fully saturated rings. The highest BCUT2D eigenvalue weighted by molar-refractivity contribution is 5.22. The molecule has 90 valence electrons. The zero-order valence-electron chi connectivity index (χ0n) is 9.38. The first-order valence-electron chi connectivity index (χ1n) is 5.44. The maximum absolute atomic E-state index is 13.3. The molecule has 0 radical (unpaired) electrons. The topological polar surface area (TPSA) is 35.2 Å². The minimum Gasteiger partial charge on any atom is -0.379 e. The van der Waals surface area contributed by atoms with E-state index in [9.17, 15) is 8.78 Å². The van der Waals surface area contributed by atoms with Gasteiger partial charge in [0.15, 0.2) is 11.6 Å². The Hall–Kier alpha value is -1.00. The Bertz CT molecular complexity index is 331. The highest BCUT2D eigenvalue weighted by atomic mass is 19.2. The lowest BCUT2D eigenvalue weighted by atomic mass is 10.1. The Labute approximate surface area is 94.4 Å². The zero-order valence-corrected chi connectivity index (χ0v) is 9.38. The van der Waals surface area contributed by atoms with E-state index in [1.165, 1.54) is 12.1 Å². The van der Waals surface area contributed by atoms with Crippen LogP contribution < -0.4 is 5.73 Å². The second-order valence-electron chi connectivity index (χ2n) is 3.68. The van der Waals surface area contributed by atoms with E-state index in [1.807, 2.05) is 0 Å². The van der Waals surface area contributed by atoms with E-state index in [1.54, 1.807) is 0 Å². The molecule has 1 rings (SSSR count). The molecule has 0 saturated heterocycles. The van der Waals surface area contributed by atoms with Crippen LogP contribution in [0.1, 0.15) is 31.4 Å². The highest BCUT2D eigenvalue weighted by Crippen LogP contribution is 2.17. The summed E-state index contributed by atoms with van der Waals surface area (Å²) in [5, 5.41) is 0. The van der Waals surface area contributed by atoms with E-state index < -0.39 is 17.7 Å². The Balaban J connectivity index is 2.52. The molecule has 0 amide bonds. The largest absolute Gasteiger partial charge is 0.379 e. The molecule has 1 atom stereocenters. The van der Waals surface area contributed by atoms with Crippen LogP contribution in [0.5, 0.6) is 0 Å². The van der Waals surface area contributed by atoms with Crippen LogP contribution in [-0.2, 0) is 4.74 Å². The first kappa shape index (κ1) is 13.1. The van der Waals surface area contributed by atoms with Crippen LogP contribution in [0.15, 0.2) is 18.2 Å². The molecule has 4 heteroatoms. The lowest BCUT2D eigenvalue weighted by Crippen LogP contribution is -2.19. The van der Waals surface area contributed by atoms with Crippen molar-refractivity contribution >= 4 is 0 Å². The van der Waals surface area contributed by atoms with Gasteiger partial charge in [-0.05, 0) is 12.5 Å². The quantitative estimate of drug-likeness (QED) is 0.761. The van der Waals surface area contributed by atoms with Gasteiger partial charge in [0, 0.05) is 12.2 Å². The zero-order chi connectivity index (χ0) is 12.0. The van der Waals surface area contributed by atoms with Crippen molar-refractivity contribution in [3.63, 3.8) is 0 Å². The van der Waals surface area contributed by atoms with Gasteiger partial charge in [-0.25, -0.2) is 8.78 Å². The van der Waals surface area contributed by atoms with Gasteiger partial charge in [0.05, 0.1) is 12.6 Å². The summed E-state index contributed by atoms with van der Waals surface area (Å²) < 4.78 is 31.5. The van der Waals surface area contributed by atoms with E-state index in [2.05, 4.69) is 6.92 Å². The maximum atomic E-state index is 13.3. The second-order valence-corrected chi connectivity index (χ2v) is 3.68. The van der Waals surface area contributed by atoms with Crippen LogP contribution in [0, 0.1) is 11.6 Å². The lowest BCUT2D eigenvalue weighted by molar-refractivity contribution is 0.117. The molecule has 0 aliphatic carbocycles. The normalized spacial score (nSPS) is 12.8. The Kier molecular flexibility index (Phi) is 5.35. The molecule has 0 bridgehead atoms. The first-order valence-corrected chi connectivity index (χ1v) is 5.44. The van der Waals surface area contributed by atoms with Crippen molar-refractivity contribution in [2.45, 2.75) is 25.8 Å². The van der Waals surface area contributed by atoms with Crippen molar-refractivity contribution in [2.24, 2.45) is 5.73 Å². The molecule has 0 aliphatic rings. The number of halogens is 2. The van der Waals surface area contributed by atoms with Crippen LogP contribution in [0.4, 0.5) is 8.78 Å². The summed E-state index contributed by atoms with van der Waals surface area (Å²) >= 11 is 0. The molecule has 0 spiro atoms. The summed E-state index contributed by atoms with van der Waals surface area (Å²) in [6.07, 6.45) is 1.97. The van der Waals surface area contributed by atoms with Crippen LogP contribution in [0.2, 0.25) is 0 Å². The smallest absolute Gasteiger partial charge is 0.163 e. The summed E-state index contributed by atoms with van der Waals surface area (Å²) in [4.78, 5) is 0. The summed E-state index contributed by atoms with van der Waals surface area (Å²) in [7, 11) is 0. The molecule has 0 saturated carbocycles. The second kappa shape index (κ2) is 6.55. The molecule has 1 aromatic carbocycles. The van der Waals surface area contributed by atoms with Crippen molar-refractivity contribution in [3.05, 3.63) is 35.4 Å². The molecule has 0 aliphatic heterocycles. The number of ether oxygens (including phenoxy) is 1. The fraction of sp³-hybridized carbons (Fsp3) is 0.500. The summed E-state index contributed by atoms with van der Waals surface area (Å²) in [5.41, 5.74) is 5.88. The highest BCUT2D eigenvalue weighted by Gasteiger charge is 2.14. The average molecular weight is 229 g/mol. The van der Waals surface area contributed by atoms with Gasteiger partial charge >= 0.3 is 0 Å². The molecular weight excluding hydrogens is 212 g/mol. The average Bonchev–Trinajstić information content (AvgIpc) is 2.28. The fourth-order valence-electron chi connectivity index (χ4n) is 1.35. The van der Waals surface area contributed by atoms with Crippen molar-refractivity contribution in [3.8, 4) is 0 Å². The minimum atomic E-state index is -0.880. The fourth-order valence-corrected chi connectivity index (χ4v) is 1.35. The predicted octanol–water partition coefficient (Wildman–Crippen LogP) is 2.78. The Morgan fingerprint density at radius 3 is 2.81 bits per heavy atom. The summed E-state index contributed by atoms with van der Waals surface area (Å²) in [6, 6.07) is 3.38. The van der Waals surface area contributed by atoms with Crippen molar-refractivity contribution in [1.82, 2.24) is 0 Å². The maximum Gasteiger partial charge on any atom is 0.163 e. The van der Waals surface area contributed by atoms with Crippen LogP contribution in [0.25, 0.3) is 0 Å². The van der Waals surface area contributed by atoms with Gasteiger partial charge in [0.1, 0.15) is 0 Å². The van der Waals surface area contributed by atoms with Gasteiger partial charge in [-0.2, -0.15) is 0 Å². The monoisotopic (exact) mass is 229 g/mol. The molecule has 1 aromatic rings. The Morgan fingerprint density at radius 1 is 1.38 bits per heavy atom. The first-order chi connectivity index (χ1) is 7.66. The van der Waals surface area contributed by atoms with Crippen LogP contribution in [-0.4, -0.2) is 13.2 Å². The van der Waals surface area contributed by atoms with Gasteiger partial charge in [-0.3, -0.25) is 0 Å². The van der Waals surface area contributed by atoms with Gasteiger partial charge < -0.3 is 10.5 Å². The van der Waals surface area contributed by atoms with Gasteiger partial charge in [-0.1, -0.05) is 25.5 Å². The molecule has 2 N–H and O–H groups in total. The molecule has 0 heterocycles. The predicted molar refractivity (Wildman–Crippen MR) is 59.0 cm³/mol. The van der Waals surface area contributed by atoms with Crippen molar-refractivity contribution in [2.75, 3.05) is 13.2 Å². The SMILES string of the molecule is CCCCOCC(N)c1cccc(F)c1F. The molecule has 1 unspecified atom stereocenters. The van der Waals surface area contributed by atoms with E-state index in [0.29, 0.717) is 6.61 Å². The van der Waals surface area contributed by atoms with Crippen molar-refractivity contribution in [1.29, 1.82) is 0 Å². The summed E-state index contributed by atoms with van der Waals surface area (Å²) in [6.45, 7) is 2.86. The third-order valence-corrected chi connectivity index (χ3v) is 2.32. The van der Waals surface area contributed by atoms with E-state index in [4.69, 9.17) is 10.5 Å². The molecule has 0 aromatic heterocycles. The van der Waals surface area contributed by atoms with Gasteiger partial charge in [-0.15, -0.1) is 0 Å².